The summed E-state index contributed by atoms with van der Waals surface area (Å²) in [5.41, 5.74) is 0. The first-order chi connectivity index (χ1) is 10.5. The molecule has 0 atom stereocenters. The lowest BCUT2D eigenvalue weighted by atomic mass is 10.1. The Morgan fingerprint density at radius 2 is 1.91 bits per heavy atom. The lowest BCUT2D eigenvalue weighted by Gasteiger charge is -2.07. The van der Waals surface area contributed by atoms with Crippen molar-refractivity contribution in [1.29, 1.82) is 0 Å². The van der Waals surface area contributed by atoms with Crippen LogP contribution in [0.1, 0.15) is 33.6 Å². The minimum atomic E-state index is -0.442. The molecule has 0 aliphatic carbocycles. The summed E-state index contributed by atoms with van der Waals surface area (Å²) >= 11 is 4.43. The van der Waals surface area contributed by atoms with Crippen LogP contribution in [0.4, 0.5) is 4.79 Å². The SMILES string of the molecule is CCCSc1nnc(SCC(=O)NC(=O)NCCC(C)C)s1. The van der Waals surface area contributed by atoms with Gasteiger partial charge in [-0.1, -0.05) is 55.6 Å². The predicted octanol–water partition coefficient (Wildman–Crippen LogP) is 3.00. The highest BCUT2D eigenvalue weighted by Gasteiger charge is 2.11. The molecule has 1 heterocycles. The van der Waals surface area contributed by atoms with Gasteiger partial charge in [0.2, 0.25) is 5.91 Å². The van der Waals surface area contributed by atoms with Gasteiger partial charge in [0.05, 0.1) is 5.75 Å². The average molecular weight is 363 g/mol. The van der Waals surface area contributed by atoms with E-state index in [4.69, 9.17) is 0 Å². The normalized spacial score (nSPS) is 10.7. The van der Waals surface area contributed by atoms with Gasteiger partial charge in [-0.15, -0.1) is 10.2 Å². The van der Waals surface area contributed by atoms with E-state index < -0.39 is 6.03 Å². The van der Waals surface area contributed by atoms with Crippen molar-refractivity contribution in [2.24, 2.45) is 5.92 Å². The van der Waals surface area contributed by atoms with Crippen molar-refractivity contribution in [3.8, 4) is 0 Å². The molecule has 124 valence electrons. The van der Waals surface area contributed by atoms with Crippen molar-refractivity contribution in [3.05, 3.63) is 0 Å². The zero-order valence-electron chi connectivity index (χ0n) is 13.0. The Morgan fingerprint density at radius 1 is 1.23 bits per heavy atom. The third kappa shape index (κ3) is 8.60. The van der Waals surface area contributed by atoms with Crippen LogP contribution < -0.4 is 10.6 Å². The number of carbonyl (C=O) groups excluding carboxylic acids is 2. The highest BCUT2D eigenvalue weighted by Crippen LogP contribution is 2.28. The molecule has 0 radical (unpaired) electrons. The van der Waals surface area contributed by atoms with Crippen molar-refractivity contribution < 1.29 is 9.59 Å². The molecule has 0 aliphatic heterocycles. The number of amides is 3. The number of aromatic nitrogens is 2. The van der Waals surface area contributed by atoms with Crippen molar-refractivity contribution in [1.82, 2.24) is 20.8 Å². The molecule has 0 saturated carbocycles. The van der Waals surface area contributed by atoms with Crippen LogP contribution in [0, 0.1) is 5.92 Å². The van der Waals surface area contributed by atoms with Crippen molar-refractivity contribution in [3.63, 3.8) is 0 Å². The number of imide groups is 1. The number of hydrogen-bond donors (Lipinski definition) is 2. The molecule has 3 amide bonds. The van der Waals surface area contributed by atoms with E-state index in [1.807, 2.05) is 0 Å². The lowest BCUT2D eigenvalue weighted by molar-refractivity contribution is -0.117. The number of urea groups is 1. The van der Waals surface area contributed by atoms with Gasteiger partial charge in [-0.3, -0.25) is 10.1 Å². The van der Waals surface area contributed by atoms with Crippen LogP contribution in [0.25, 0.3) is 0 Å². The molecule has 1 aromatic heterocycles. The van der Waals surface area contributed by atoms with E-state index in [-0.39, 0.29) is 11.7 Å². The number of rotatable bonds is 9. The fraction of sp³-hybridized carbons (Fsp3) is 0.692. The van der Waals surface area contributed by atoms with Crippen LogP contribution in [0.3, 0.4) is 0 Å². The molecule has 0 fully saturated rings. The van der Waals surface area contributed by atoms with E-state index in [1.165, 1.54) is 23.1 Å². The molecule has 0 aliphatic rings. The van der Waals surface area contributed by atoms with Gasteiger partial charge in [-0.25, -0.2) is 4.79 Å². The number of nitrogens with zero attached hydrogens (tertiary/aromatic N) is 2. The van der Waals surface area contributed by atoms with Crippen molar-refractivity contribution in [2.75, 3.05) is 18.1 Å². The summed E-state index contributed by atoms with van der Waals surface area (Å²) in [6.07, 6.45) is 1.97. The first-order valence-corrected chi connectivity index (χ1v) is 9.96. The Bertz CT molecular complexity index is 480. The van der Waals surface area contributed by atoms with Gasteiger partial charge in [0.15, 0.2) is 8.68 Å². The quantitative estimate of drug-likeness (QED) is 0.657. The maximum atomic E-state index is 11.7. The summed E-state index contributed by atoms with van der Waals surface area (Å²) in [5.74, 6) is 1.36. The monoisotopic (exact) mass is 362 g/mol. The largest absolute Gasteiger partial charge is 0.338 e. The number of nitrogens with one attached hydrogen (secondary N) is 2. The summed E-state index contributed by atoms with van der Waals surface area (Å²) in [6.45, 7) is 6.84. The van der Waals surface area contributed by atoms with Gasteiger partial charge in [0.1, 0.15) is 0 Å². The molecule has 1 aromatic rings. The van der Waals surface area contributed by atoms with Gasteiger partial charge in [-0.05, 0) is 18.8 Å². The minimum absolute atomic E-state index is 0.157. The summed E-state index contributed by atoms with van der Waals surface area (Å²) in [7, 11) is 0. The van der Waals surface area contributed by atoms with E-state index in [1.54, 1.807) is 11.8 Å². The van der Waals surface area contributed by atoms with Crippen molar-refractivity contribution >= 4 is 46.8 Å². The van der Waals surface area contributed by atoms with Crippen LogP contribution in [0.5, 0.6) is 0 Å². The van der Waals surface area contributed by atoms with E-state index in [0.717, 1.165) is 27.3 Å². The summed E-state index contributed by atoms with van der Waals surface area (Å²) in [4.78, 5) is 23.1. The average Bonchev–Trinajstić information content (AvgIpc) is 2.90. The highest BCUT2D eigenvalue weighted by molar-refractivity contribution is 8.03. The van der Waals surface area contributed by atoms with Crippen molar-refractivity contribution in [2.45, 2.75) is 42.3 Å². The Morgan fingerprint density at radius 3 is 2.55 bits per heavy atom. The van der Waals surface area contributed by atoms with Gasteiger partial charge in [0, 0.05) is 12.3 Å². The Balaban J connectivity index is 2.22. The molecule has 0 unspecified atom stereocenters. The van der Waals surface area contributed by atoms with E-state index in [0.29, 0.717) is 12.5 Å². The maximum absolute atomic E-state index is 11.7. The zero-order chi connectivity index (χ0) is 16.4. The smallest absolute Gasteiger partial charge is 0.321 e. The number of carbonyl (C=O) groups is 2. The second kappa shape index (κ2) is 10.8. The fourth-order valence-electron chi connectivity index (χ4n) is 1.31. The topological polar surface area (TPSA) is 84.0 Å². The summed E-state index contributed by atoms with van der Waals surface area (Å²) in [6, 6.07) is -0.442. The highest BCUT2D eigenvalue weighted by atomic mass is 32.2. The van der Waals surface area contributed by atoms with E-state index in [9.17, 15) is 9.59 Å². The molecule has 0 aromatic carbocycles. The van der Waals surface area contributed by atoms with Gasteiger partial charge in [0.25, 0.3) is 0 Å². The number of hydrogen-bond acceptors (Lipinski definition) is 7. The molecule has 2 N–H and O–H groups in total. The Kier molecular flexibility index (Phi) is 9.49. The van der Waals surface area contributed by atoms with Crippen LogP contribution in [0.2, 0.25) is 0 Å². The van der Waals surface area contributed by atoms with Crippen LogP contribution in [0.15, 0.2) is 8.68 Å². The maximum Gasteiger partial charge on any atom is 0.321 e. The van der Waals surface area contributed by atoms with E-state index >= 15 is 0 Å². The Labute approximate surface area is 143 Å². The molecule has 6 nitrogen and oxygen atoms in total. The predicted molar refractivity (Wildman–Crippen MR) is 92.6 cm³/mol. The first-order valence-electron chi connectivity index (χ1n) is 7.18. The summed E-state index contributed by atoms with van der Waals surface area (Å²) in [5, 5.41) is 13.0. The minimum Gasteiger partial charge on any atom is -0.338 e. The molecule has 22 heavy (non-hydrogen) atoms. The Hall–Kier alpha value is -0.800. The lowest BCUT2D eigenvalue weighted by Crippen LogP contribution is -2.40. The second-order valence-corrected chi connectivity index (χ2v) is 8.50. The van der Waals surface area contributed by atoms with E-state index in [2.05, 4.69) is 41.6 Å². The van der Waals surface area contributed by atoms with Crippen LogP contribution in [-0.2, 0) is 4.79 Å². The van der Waals surface area contributed by atoms with Crippen LogP contribution >= 0.6 is 34.9 Å². The first kappa shape index (κ1) is 19.2. The second-order valence-electron chi connectivity index (χ2n) is 4.96. The molecule has 0 spiro atoms. The molecule has 0 saturated heterocycles. The molecule has 0 bridgehead atoms. The molecule has 1 rings (SSSR count). The fourth-order valence-corrected chi connectivity index (χ4v) is 4.06. The third-order valence-corrected chi connectivity index (χ3v) is 5.80. The van der Waals surface area contributed by atoms with Gasteiger partial charge < -0.3 is 5.32 Å². The summed E-state index contributed by atoms with van der Waals surface area (Å²) < 4.78 is 1.66. The third-order valence-electron chi connectivity index (χ3n) is 2.40. The van der Waals surface area contributed by atoms with Gasteiger partial charge in [-0.2, -0.15) is 0 Å². The van der Waals surface area contributed by atoms with Crippen LogP contribution in [-0.4, -0.2) is 40.2 Å². The molecular formula is C13H22N4O2S3. The zero-order valence-corrected chi connectivity index (χ0v) is 15.5. The standard InChI is InChI=1S/C13H22N4O2S3/c1-4-7-20-12-16-17-13(22-12)21-8-10(18)15-11(19)14-6-5-9(2)3/h9H,4-8H2,1-3H3,(H2,14,15,18,19). The molecule has 9 heteroatoms. The number of thioether (sulfide) groups is 2. The molecular weight excluding hydrogens is 340 g/mol. The van der Waals surface area contributed by atoms with Gasteiger partial charge >= 0.3 is 6.03 Å².